The van der Waals surface area contributed by atoms with Gasteiger partial charge in [0, 0.05) is 44.6 Å². The molecule has 1 saturated carbocycles. The third-order valence-electron chi connectivity index (χ3n) is 4.87. The molecule has 5 heteroatoms. The van der Waals surface area contributed by atoms with Crippen LogP contribution in [0.2, 0.25) is 0 Å². The summed E-state index contributed by atoms with van der Waals surface area (Å²) < 4.78 is 5.81. The molecule has 1 aromatic rings. The van der Waals surface area contributed by atoms with E-state index in [1.54, 1.807) is 6.20 Å². The molecule has 1 saturated heterocycles. The molecule has 3 rings (SSSR count). The molecule has 0 spiro atoms. The maximum Gasteiger partial charge on any atom is 0.233 e. The number of rotatable bonds is 5. The van der Waals surface area contributed by atoms with E-state index in [1.807, 2.05) is 17.0 Å². The summed E-state index contributed by atoms with van der Waals surface area (Å²) in [5.41, 5.74) is 0. The molecule has 120 valence electrons. The molecule has 1 amide bonds. The maximum atomic E-state index is 12.3. The van der Waals surface area contributed by atoms with Gasteiger partial charge >= 0.3 is 0 Å². The van der Waals surface area contributed by atoms with E-state index < -0.39 is 0 Å². The number of nitrogens with zero attached hydrogens (tertiary/aromatic N) is 3. The van der Waals surface area contributed by atoms with Gasteiger partial charge in [-0.3, -0.25) is 4.79 Å². The van der Waals surface area contributed by atoms with Crippen molar-refractivity contribution in [3.63, 3.8) is 0 Å². The number of piperidine rings is 1. The number of aromatic nitrogens is 2. The van der Waals surface area contributed by atoms with E-state index in [0.717, 1.165) is 44.7 Å². The van der Waals surface area contributed by atoms with Gasteiger partial charge in [0.15, 0.2) is 0 Å². The fourth-order valence-corrected chi connectivity index (χ4v) is 3.53. The van der Waals surface area contributed by atoms with Gasteiger partial charge in [-0.05, 0) is 18.4 Å². The lowest BCUT2D eigenvalue weighted by Crippen LogP contribution is -2.41. The van der Waals surface area contributed by atoms with Crippen molar-refractivity contribution in [1.82, 2.24) is 15.1 Å². The first-order valence-electron chi connectivity index (χ1n) is 8.53. The van der Waals surface area contributed by atoms with Crippen LogP contribution in [-0.2, 0) is 4.79 Å². The number of hydrogen-bond acceptors (Lipinski definition) is 4. The molecule has 0 radical (unpaired) electrons. The minimum Gasteiger partial charge on any atom is -0.473 e. The Kier molecular flexibility index (Phi) is 5.24. The Bertz CT molecular complexity index is 466. The lowest BCUT2D eigenvalue weighted by Gasteiger charge is -2.32. The Morgan fingerprint density at radius 2 is 2.00 bits per heavy atom. The third-order valence-corrected chi connectivity index (χ3v) is 4.87. The van der Waals surface area contributed by atoms with Crippen molar-refractivity contribution in [2.45, 2.75) is 57.5 Å². The van der Waals surface area contributed by atoms with Gasteiger partial charge in [0.1, 0.15) is 6.10 Å². The topological polar surface area (TPSA) is 55.3 Å². The highest BCUT2D eigenvalue weighted by Crippen LogP contribution is 2.29. The summed E-state index contributed by atoms with van der Waals surface area (Å²) in [5, 5.41) is 7.76. The summed E-state index contributed by atoms with van der Waals surface area (Å²) in [4.78, 5) is 14.3. The van der Waals surface area contributed by atoms with Gasteiger partial charge in [-0.1, -0.05) is 25.7 Å². The Balaban J connectivity index is 1.38. The van der Waals surface area contributed by atoms with E-state index in [4.69, 9.17) is 4.74 Å². The van der Waals surface area contributed by atoms with Crippen molar-refractivity contribution in [2.24, 2.45) is 5.92 Å². The minimum atomic E-state index is 0.149. The van der Waals surface area contributed by atoms with Crippen molar-refractivity contribution in [3.05, 3.63) is 18.3 Å². The smallest absolute Gasteiger partial charge is 0.233 e. The Morgan fingerprint density at radius 1 is 1.23 bits per heavy atom. The summed E-state index contributed by atoms with van der Waals surface area (Å²) in [6, 6.07) is 3.65. The summed E-state index contributed by atoms with van der Waals surface area (Å²) in [7, 11) is 0. The molecule has 2 aliphatic rings. The molecule has 1 aromatic heterocycles. The van der Waals surface area contributed by atoms with Crippen LogP contribution in [0.1, 0.15) is 51.4 Å². The van der Waals surface area contributed by atoms with Crippen LogP contribution in [-0.4, -0.2) is 40.2 Å². The molecule has 1 aliphatic carbocycles. The Morgan fingerprint density at radius 3 is 2.68 bits per heavy atom. The largest absolute Gasteiger partial charge is 0.473 e. The number of hydrogen-bond donors (Lipinski definition) is 0. The van der Waals surface area contributed by atoms with Gasteiger partial charge in [-0.2, -0.15) is 5.10 Å². The highest BCUT2D eigenvalue weighted by atomic mass is 16.5. The molecule has 1 aliphatic heterocycles. The molecule has 0 unspecified atom stereocenters. The lowest BCUT2D eigenvalue weighted by atomic mass is 10.0. The second-order valence-corrected chi connectivity index (χ2v) is 6.45. The predicted octanol–water partition coefficient (Wildman–Crippen LogP) is 2.82. The number of carbonyl (C=O) groups is 1. The molecule has 0 bridgehead atoms. The van der Waals surface area contributed by atoms with Crippen LogP contribution in [0.15, 0.2) is 18.3 Å². The van der Waals surface area contributed by atoms with E-state index in [-0.39, 0.29) is 6.10 Å². The molecule has 0 N–H and O–H groups in total. The van der Waals surface area contributed by atoms with Gasteiger partial charge < -0.3 is 9.64 Å². The van der Waals surface area contributed by atoms with Crippen LogP contribution in [0, 0.1) is 5.92 Å². The van der Waals surface area contributed by atoms with Gasteiger partial charge in [0.05, 0.1) is 0 Å². The zero-order valence-corrected chi connectivity index (χ0v) is 13.1. The number of likely N-dealkylation sites (tertiary alicyclic amines) is 1. The van der Waals surface area contributed by atoms with Crippen LogP contribution < -0.4 is 4.74 Å². The Hall–Kier alpha value is -1.65. The van der Waals surface area contributed by atoms with E-state index in [1.165, 1.54) is 25.7 Å². The average Bonchev–Trinajstić information content (AvgIpc) is 3.08. The maximum absolute atomic E-state index is 12.3. The van der Waals surface area contributed by atoms with E-state index in [0.29, 0.717) is 11.8 Å². The molecule has 5 nitrogen and oxygen atoms in total. The third kappa shape index (κ3) is 4.18. The first kappa shape index (κ1) is 15.3. The fourth-order valence-electron chi connectivity index (χ4n) is 3.53. The first-order chi connectivity index (χ1) is 10.8. The highest BCUT2D eigenvalue weighted by molar-refractivity contribution is 5.76. The van der Waals surface area contributed by atoms with Gasteiger partial charge in [0.25, 0.3) is 0 Å². The van der Waals surface area contributed by atoms with E-state index in [9.17, 15) is 4.79 Å². The monoisotopic (exact) mass is 303 g/mol. The zero-order valence-electron chi connectivity index (χ0n) is 13.1. The van der Waals surface area contributed by atoms with Crippen LogP contribution in [0.25, 0.3) is 0 Å². The second kappa shape index (κ2) is 7.56. The summed E-state index contributed by atoms with van der Waals surface area (Å²) in [5.74, 6) is 1.69. The minimum absolute atomic E-state index is 0.149. The van der Waals surface area contributed by atoms with Crippen LogP contribution in [0.5, 0.6) is 5.88 Å². The summed E-state index contributed by atoms with van der Waals surface area (Å²) in [6.45, 7) is 1.60. The number of amides is 1. The van der Waals surface area contributed by atoms with Gasteiger partial charge in [0.2, 0.25) is 11.8 Å². The number of ether oxygens (including phenoxy) is 1. The quantitative estimate of drug-likeness (QED) is 0.839. The van der Waals surface area contributed by atoms with E-state index in [2.05, 4.69) is 10.2 Å². The standard InChI is InChI=1S/C17H25N3O2/c21-17(8-7-14-4-1-2-5-14)20-12-9-15(10-13-20)22-16-6-3-11-18-19-16/h3,6,11,14-15H,1-2,4-5,7-10,12-13H2. The van der Waals surface area contributed by atoms with Gasteiger partial charge in [-0.25, -0.2) is 0 Å². The second-order valence-electron chi connectivity index (χ2n) is 6.45. The predicted molar refractivity (Wildman–Crippen MR) is 83.5 cm³/mol. The molecule has 0 aromatic carbocycles. The SMILES string of the molecule is O=C(CCC1CCCC1)N1CCC(Oc2cccnn2)CC1. The normalized spacial score (nSPS) is 20.3. The van der Waals surface area contributed by atoms with Crippen molar-refractivity contribution in [3.8, 4) is 5.88 Å². The van der Waals surface area contributed by atoms with Gasteiger partial charge in [-0.15, -0.1) is 5.10 Å². The molecule has 22 heavy (non-hydrogen) atoms. The van der Waals surface area contributed by atoms with Crippen molar-refractivity contribution >= 4 is 5.91 Å². The average molecular weight is 303 g/mol. The van der Waals surface area contributed by atoms with Crippen LogP contribution >= 0.6 is 0 Å². The molecular weight excluding hydrogens is 278 g/mol. The molecule has 2 heterocycles. The molecular formula is C17H25N3O2. The number of carbonyl (C=O) groups excluding carboxylic acids is 1. The van der Waals surface area contributed by atoms with Crippen molar-refractivity contribution in [2.75, 3.05) is 13.1 Å². The highest BCUT2D eigenvalue weighted by Gasteiger charge is 2.25. The summed E-state index contributed by atoms with van der Waals surface area (Å²) in [6.07, 6.45) is 10.7. The zero-order chi connectivity index (χ0) is 15.2. The van der Waals surface area contributed by atoms with Crippen LogP contribution in [0.3, 0.4) is 0 Å². The lowest BCUT2D eigenvalue weighted by molar-refractivity contribution is -0.133. The van der Waals surface area contributed by atoms with Crippen LogP contribution in [0.4, 0.5) is 0 Å². The molecule has 0 atom stereocenters. The van der Waals surface area contributed by atoms with Crippen molar-refractivity contribution < 1.29 is 9.53 Å². The van der Waals surface area contributed by atoms with Crippen molar-refractivity contribution in [1.29, 1.82) is 0 Å². The fraction of sp³-hybridized carbons (Fsp3) is 0.706. The first-order valence-corrected chi connectivity index (χ1v) is 8.53. The van der Waals surface area contributed by atoms with E-state index >= 15 is 0 Å². The molecule has 2 fully saturated rings. The summed E-state index contributed by atoms with van der Waals surface area (Å²) >= 11 is 0. The Labute approximate surface area is 132 Å².